The summed E-state index contributed by atoms with van der Waals surface area (Å²) in [7, 11) is 0. The second-order valence-corrected chi connectivity index (χ2v) is 6.46. The Balaban J connectivity index is 1.81. The molecule has 1 aliphatic carbocycles. The molecule has 0 aromatic carbocycles. The minimum atomic E-state index is 0.285. The van der Waals surface area contributed by atoms with Gasteiger partial charge < -0.3 is 10.1 Å². The highest BCUT2D eigenvalue weighted by molar-refractivity contribution is 4.90. The lowest BCUT2D eigenvalue weighted by Gasteiger charge is -2.45. The standard InChI is InChI=1S/C16H31NO/c1-3-17-11-7-14(2)15-8-12-18-16(13-15)9-5-4-6-10-16/h14-15,17H,3-13H2,1-2H3. The molecule has 2 heteroatoms. The lowest BCUT2D eigenvalue weighted by atomic mass is 9.72. The van der Waals surface area contributed by atoms with Crippen LogP contribution in [0.25, 0.3) is 0 Å². The Kier molecular flexibility index (Phi) is 5.50. The van der Waals surface area contributed by atoms with Gasteiger partial charge in [0.15, 0.2) is 0 Å². The number of nitrogens with one attached hydrogen (secondary N) is 1. The highest BCUT2D eigenvalue weighted by atomic mass is 16.5. The predicted molar refractivity (Wildman–Crippen MR) is 76.8 cm³/mol. The topological polar surface area (TPSA) is 21.3 Å². The van der Waals surface area contributed by atoms with Gasteiger partial charge in [0, 0.05) is 6.61 Å². The summed E-state index contributed by atoms with van der Waals surface area (Å²) < 4.78 is 6.20. The quantitative estimate of drug-likeness (QED) is 0.753. The molecule has 0 bridgehead atoms. The van der Waals surface area contributed by atoms with E-state index in [4.69, 9.17) is 4.74 Å². The van der Waals surface area contributed by atoms with Crippen LogP contribution in [0.5, 0.6) is 0 Å². The minimum Gasteiger partial charge on any atom is -0.375 e. The zero-order chi connectivity index (χ0) is 12.8. The third kappa shape index (κ3) is 3.71. The molecule has 1 heterocycles. The lowest BCUT2D eigenvalue weighted by molar-refractivity contribution is -0.124. The van der Waals surface area contributed by atoms with E-state index in [1.54, 1.807) is 0 Å². The molecule has 0 amide bonds. The maximum atomic E-state index is 6.20. The molecule has 1 saturated heterocycles. The highest BCUT2D eigenvalue weighted by Gasteiger charge is 2.39. The van der Waals surface area contributed by atoms with Crippen molar-refractivity contribution >= 4 is 0 Å². The molecule has 2 fully saturated rings. The zero-order valence-electron chi connectivity index (χ0n) is 12.3. The number of hydrogen-bond donors (Lipinski definition) is 1. The Hall–Kier alpha value is -0.0800. The van der Waals surface area contributed by atoms with E-state index in [9.17, 15) is 0 Å². The summed E-state index contributed by atoms with van der Waals surface area (Å²) in [4.78, 5) is 0. The van der Waals surface area contributed by atoms with Crippen LogP contribution in [0.3, 0.4) is 0 Å². The first-order chi connectivity index (χ1) is 8.76. The Bertz CT molecular complexity index is 230. The van der Waals surface area contributed by atoms with Crippen molar-refractivity contribution in [2.45, 2.75) is 70.8 Å². The van der Waals surface area contributed by atoms with Gasteiger partial charge in [-0.15, -0.1) is 0 Å². The smallest absolute Gasteiger partial charge is 0.0685 e. The van der Waals surface area contributed by atoms with Gasteiger partial charge in [0.25, 0.3) is 0 Å². The first-order valence-electron chi connectivity index (χ1n) is 8.10. The van der Waals surface area contributed by atoms with Gasteiger partial charge in [-0.2, -0.15) is 0 Å². The second-order valence-electron chi connectivity index (χ2n) is 6.46. The van der Waals surface area contributed by atoms with Crippen LogP contribution < -0.4 is 5.32 Å². The van der Waals surface area contributed by atoms with Crippen molar-refractivity contribution in [2.75, 3.05) is 19.7 Å². The van der Waals surface area contributed by atoms with Crippen molar-refractivity contribution in [1.29, 1.82) is 0 Å². The van der Waals surface area contributed by atoms with Crippen LogP contribution in [0, 0.1) is 11.8 Å². The van der Waals surface area contributed by atoms with Crippen molar-refractivity contribution in [3.8, 4) is 0 Å². The molecule has 0 radical (unpaired) electrons. The van der Waals surface area contributed by atoms with Crippen molar-refractivity contribution in [2.24, 2.45) is 11.8 Å². The lowest BCUT2D eigenvalue weighted by Crippen LogP contribution is -2.43. The normalized spacial score (nSPS) is 29.3. The van der Waals surface area contributed by atoms with Crippen LogP contribution in [0.4, 0.5) is 0 Å². The molecule has 2 atom stereocenters. The van der Waals surface area contributed by atoms with Gasteiger partial charge in [-0.05, 0) is 57.0 Å². The molecule has 1 aliphatic heterocycles. The molecule has 0 aromatic rings. The maximum absolute atomic E-state index is 6.20. The van der Waals surface area contributed by atoms with E-state index in [1.165, 1.54) is 57.9 Å². The monoisotopic (exact) mass is 253 g/mol. The van der Waals surface area contributed by atoms with E-state index < -0.39 is 0 Å². The molecular weight excluding hydrogens is 222 g/mol. The number of rotatable bonds is 5. The van der Waals surface area contributed by atoms with E-state index in [0.29, 0.717) is 0 Å². The summed E-state index contributed by atoms with van der Waals surface area (Å²) in [5.41, 5.74) is 0.285. The Labute approximate surface area is 113 Å². The van der Waals surface area contributed by atoms with Crippen LogP contribution >= 0.6 is 0 Å². The highest BCUT2D eigenvalue weighted by Crippen LogP contribution is 2.43. The molecule has 2 aliphatic rings. The van der Waals surface area contributed by atoms with E-state index in [1.807, 2.05) is 0 Å². The van der Waals surface area contributed by atoms with Crippen molar-refractivity contribution < 1.29 is 4.74 Å². The Morgan fingerprint density at radius 2 is 2.06 bits per heavy atom. The van der Waals surface area contributed by atoms with Crippen LogP contribution in [0.2, 0.25) is 0 Å². The van der Waals surface area contributed by atoms with Gasteiger partial charge in [-0.25, -0.2) is 0 Å². The van der Waals surface area contributed by atoms with Crippen LogP contribution in [-0.4, -0.2) is 25.3 Å². The summed E-state index contributed by atoms with van der Waals surface area (Å²) in [5.74, 6) is 1.75. The summed E-state index contributed by atoms with van der Waals surface area (Å²) in [6, 6.07) is 0. The molecule has 2 rings (SSSR count). The Morgan fingerprint density at radius 3 is 2.78 bits per heavy atom. The zero-order valence-corrected chi connectivity index (χ0v) is 12.3. The molecule has 2 nitrogen and oxygen atoms in total. The van der Waals surface area contributed by atoms with Gasteiger partial charge in [0.2, 0.25) is 0 Å². The van der Waals surface area contributed by atoms with Crippen LogP contribution in [0.1, 0.15) is 65.2 Å². The van der Waals surface area contributed by atoms with E-state index in [2.05, 4.69) is 19.2 Å². The van der Waals surface area contributed by atoms with Gasteiger partial charge in [-0.1, -0.05) is 33.1 Å². The van der Waals surface area contributed by atoms with Crippen LogP contribution in [0.15, 0.2) is 0 Å². The third-order valence-electron chi connectivity index (χ3n) is 5.13. The van der Waals surface area contributed by atoms with Gasteiger partial charge >= 0.3 is 0 Å². The molecular formula is C16H31NO. The number of hydrogen-bond acceptors (Lipinski definition) is 2. The average Bonchev–Trinajstić information content (AvgIpc) is 2.40. The fourth-order valence-electron chi connectivity index (χ4n) is 3.84. The van der Waals surface area contributed by atoms with Crippen molar-refractivity contribution in [3.63, 3.8) is 0 Å². The van der Waals surface area contributed by atoms with Gasteiger partial charge in [-0.3, -0.25) is 0 Å². The van der Waals surface area contributed by atoms with E-state index in [0.717, 1.165) is 25.0 Å². The molecule has 0 aromatic heterocycles. The first kappa shape index (κ1) is 14.3. The summed E-state index contributed by atoms with van der Waals surface area (Å²) in [6.45, 7) is 7.93. The fraction of sp³-hybridized carbons (Fsp3) is 1.00. The second kappa shape index (κ2) is 6.91. The average molecular weight is 253 g/mol. The fourth-order valence-corrected chi connectivity index (χ4v) is 3.84. The first-order valence-corrected chi connectivity index (χ1v) is 8.10. The number of ether oxygens (including phenoxy) is 1. The third-order valence-corrected chi connectivity index (χ3v) is 5.13. The maximum Gasteiger partial charge on any atom is 0.0685 e. The SMILES string of the molecule is CCNCCC(C)C1CCOC2(CCCCC2)C1. The molecule has 2 unspecified atom stereocenters. The molecule has 1 N–H and O–H groups in total. The van der Waals surface area contributed by atoms with E-state index in [-0.39, 0.29) is 5.60 Å². The van der Waals surface area contributed by atoms with Crippen LogP contribution in [-0.2, 0) is 4.74 Å². The Morgan fingerprint density at radius 1 is 1.28 bits per heavy atom. The molecule has 106 valence electrons. The van der Waals surface area contributed by atoms with Crippen molar-refractivity contribution in [3.05, 3.63) is 0 Å². The predicted octanol–water partition coefficient (Wildman–Crippen LogP) is 3.75. The van der Waals surface area contributed by atoms with Crippen molar-refractivity contribution in [1.82, 2.24) is 5.32 Å². The summed E-state index contributed by atoms with van der Waals surface area (Å²) in [6.07, 6.45) is 10.8. The largest absolute Gasteiger partial charge is 0.375 e. The van der Waals surface area contributed by atoms with Gasteiger partial charge in [0.1, 0.15) is 0 Å². The molecule has 1 saturated carbocycles. The summed E-state index contributed by atoms with van der Waals surface area (Å²) in [5, 5.41) is 3.46. The van der Waals surface area contributed by atoms with Gasteiger partial charge in [0.05, 0.1) is 5.60 Å². The minimum absolute atomic E-state index is 0.285. The summed E-state index contributed by atoms with van der Waals surface area (Å²) >= 11 is 0. The molecule has 18 heavy (non-hydrogen) atoms. The molecule has 1 spiro atoms. The van der Waals surface area contributed by atoms with E-state index >= 15 is 0 Å².